The van der Waals surface area contributed by atoms with Crippen molar-refractivity contribution in [1.29, 1.82) is 0 Å². The van der Waals surface area contributed by atoms with Gasteiger partial charge in [0, 0.05) is 23.5 Å². The monoisotopic (exact) mass is 244 g/mol. The van der Waals surface area contributed by atoms with Gasteiger partial charge in [0.2, 0.25) is 0 Å². The van der Waals surface area contributed by atoms with E-state index in [2.05, 4.69) is 20.8 Å². The molecule has 3 N–H and O–H groups in total. The maximum atomic E-state index is 12.0. The minimum Gasteiger partial charge on any atom is -0.350 e. The topological polar surface area (TPSA) is 69.8 Å². The van der Waals surface area contributed by atoms with Crippen LogP contribution in [0.15, 0.2) is 24.4 Å². The molecule has 1 aliphatic heterocycles. The highest BCUT2D eigenvalue weighted by atomic mass is 16.1. The molecule has 18 heavy (non-hydrogen) atoms. The van der Waals surface area contributed by atoms with Gasteiger partial charge in [-0.15, -0.1) is 0 Å². The number of benzene rings is 1. The third kappa shape index (κ3) is 2.22. The van der Waals surface area contributed by atoms with Crippen LogP contribution in [0, 0.1) is 0 Å². The first kappa shape index (κ1) is 11.2. The maximum absolute atomic E-state index is 12.0. The van der Waals surface area contributed by atoms with Gasteiger partial charge in [-0.3, -0.25) is 9.89 Å². The molecule has 0 radical (unpaired) electrons. The number of fused-ring (bicyclic) bond motifs is 1. The average Bonchev–Trinajstić information content (AvgIpc) is 3.05. The molecule has 1 saturated heterocycles. The Hall–Kier alpha value is -1.88. The lowest BCUT2D eigenvalue weighted by atomic mass is 10.1. The Morgan fingerprint density at radius 3 is 3.28 bits per heavy atom. The summed E-state index contributed by atoms with van der Waals surface area (Å²) in [7, 11) is 0. The van der Waals surface area contributed by atoms with E-state index in [-0.39, 0.29) is 5.91 Å². The van der Waals surface area contributed by atoms with Crippen LogP contribution in [0.5, 0.6) is 0 Å². The molecule has 1 aliphatic rings. The summed E-state index contributed by atoms with van der Waals surface area (Å²) < 4.78 is 0. The summed E-state index contributed by atoms with van der Waals surface area (Å²) in [6.07, 6.45) is 4.08. The summed E-state index contributed by atoms with van der Waals surface area (Å²) in [5, 5.41) is 14.2. The Morgan fingerprint density at radius 1 is 1.50 bits per heavy atom. The summed E-state index contributed by atoms with van der Waals surface area (Å²) in [5.74, 6) is -0.0276. The van der Waals surface area contributed by atoms with Crippen molar-refractivity contribution in [2.75, 3.05) is 13.1 Å². The first-order chi connectivity index (χ1) is 8.83. The van der Waals surface area contributed by atoms with Gasteiger partial charge in [0.15, 0.2) is 0 Å². The van der Waals surface area contributed by atoms with E-state index in [1.807, 2.05) is 18.2 Å². The molecule has 1 aromatic carbocycles. The van der Waals surface area contributed by atoms with E-state index in [4.69, 9.17) is 0 Å². The van der Waals surface area contributed by atoms with Crippen molar-refractivity contribution in [3.8, 4) is 0 Å². The summed E-state index contributed by atoms with van der Waals surface area (Å²) >= 11 is 0. The minimum atomic E-state index is -0.0276. The highest BCUT2D eigenvalue weighted by Gasteiger charge is 2.15. The SMILES string of the molecule is O=C(NCC1CCCN1)c1ccc2cn[nH]c2c1. The zero-order valence-electron chi connectivity index (χ0n) is 10.1. The first-order valence-electron chi connectivity index (χ1n) is 6.27. The molecule has 2 aromatic rings. The summed E-state index contributed by atoms with van der Waals surface area (Å²) in [4.78, 5) is 12.0. The largest absolute Gasteiger partial charge is 0.350 e. The standard InChI is InChI=1S/C13H16N4O/c18-13(15-8-11-2-1-5-14-11)9-3-4-10-7-16-17-12(10)6-9/h3-4,6-7,11,14H,1-2,5,8H2,(H,15,18)(H,16,17). The summed E-state index contributed by atoms with van der Waals surface area (Å²) in [6, 6.07) is 5.99. The summed E-state index contributed by atoms with van der Waals surface area (Å²) in [5.41, 5.74) is 1.56. The molecule has 1 amide bonds. The minimum absolute atomic E-state index is 0.0276. The molecule has 1 atom stereocenters. The molecule has 5 nitrogen and oxygen atoms in total. The second kappa shape index (κ2) is 4.78. The lowest BCUT2D eigenvalue weighted by Crippen LogP contribution is -2.37. The maximum Gasteiger partial charge on any atom is 0.251 e. The van der Waals surface area contributed by atoms with Crippen molar-refractivity contribution < 1.29 is 4.79 Å². The van der Waals surface area contributed by atoms with Gasteiger partial charge in [0.1, 0.15) is 0 Å². The number of aromatic amines is 1. The Bertz CT molecular complexity index is 557. The lowest BCUT2D eigenvalue weighted by Gasteiger charge is -2.11. The zero-order valence-corrected chi connectivity index (χ0v) is 10.1. The predicted octanol–water partition coefficient (Wildman–Crippen LogP) is 1.04. The number of H-pyrrole nitrogens is 1. The van der Waals surface area contributed by atoms with Crippen molar-refractivity contribution in [3.63, 3.8) is 0 Å². The van der Waals surface area contributed by atoms with Crippen LogP contribution in [0.25, 0.3) is 10.9 Å². The molecular weight excluding hydrogens is 228 g/mol. The van der Waals surface area contributed by atoms with Gasteiger partial charge in [-0.2, -0.15) is 5.10 Å². The number of hydrogen-bond acceptors (Lipinski definition) is 3. The van der Waals surface area contributed by atoms with E-state index in [0.717, 1.165) is 23.9 Å². The van der Waals surface area contributed by atoms with E-state index in [1.165, 1.54) is 6.42 Å². The Labute approximate surface area is 105 Å². The average molecular weight is 244 g/mol. The number of rotatable bonds is 3. The van der Waals surface area contributed by atoms with E-state index < -0.39 is 0 Å². The van der Waals surface area contributed by atoms with Crippen molar-refractivity contribution in [1.82, 2.24) is 20.8 Å². The van der Waals surface area contributed by atoms with E-state index in [9.17, 15) is 4.79 Å². The van der Waals surface area contributed by atoms with Crippen LogP contribution in [0.2, 0.25) is 0 Å². The summed E-state index contributed by atoms with van der Waals surface area (Å²) in [6.45, 7) is 1.75. The van der Waals surface area contributed by atoms with Gasteiger partial charge in [0.25, 0.3) is 5.91 Å². The van der Waals surface area contributed by atoms with Gasteiger partial charge in [-0.1, -0.05) is 6.07 Å². The first-order valence-corrected chi connectivity index (χ1v) is 6.27. The third-order valence-corrected chi connectivity index (χ3v) is 3.38. The van der Waals surface area contributed by atoms with E-state index >= 15 is 0 Å². The van der Waals surface area contributed by atoms with Gasteiger partial charge in [-0.25, -0.2) is 0 Å². The van der Waals surface area contributed by atoms with Gasteiger partial charge >= 0.3 is 0 Å². The number of aromatic nitrogens is 2. The molecule has 1 aromatic heterocycles. The fourth-order valence-corrected chi connectivity index (χ4v) is 2.33. The molecule has 1 unspecified atom stereocenters. The smallest absolute Gasteiger partial charge is 0.251 e. The molecule has 0 saturated carbocycles. The van der Waals surface area contributed by atoms with Crippen molar-refractivity contribution in [2.45, 2.75) is 18.9 Å². The zero-order chi connectivity index (χ0) is 12.4. The second-order valence-corrected chi connectivity index (χ2v) is 4.68. The van der Waals surface area contributed by atoms with Crippen LogP contribution < -0.4 is 10.6 Å². The van der Waals surface area contributed by atoms with E-state index in [0.29, 0.717) is 18.2 Å². The van der Waals surface area contributed by atoms with Crippen LogP contribution in [0.4, 0.5) is 0 Å². The highest BCUT2D eigenvalue weighted by molar-refractivity contribution is 5.97. The van der Waals surface area contributed by atoms with Crippen LogP contribution in [-0.4, -0.2) is 35.2 Å². The molecule has 5 heteroatoms. The van der Waals surface area contributed by atoms with Crippen molar-refractivity contribution in [2.24, 2.45) is 0 Å². The van der Waals surface area contributed by atoms with Crippen LogP contribution in [-0.2, 0) is 0 Å². The Morgan fingerprint density at radius 2 is 2.44 bits per heavy atom. The Kier molecular flexibility index (Phi) is 2.98. The highest BCUT2D eigenvalue weighted by Crippen LogP contribution is 2.12. The number of hydrogen-bond donors (Lipinski definition) is 3. The molecular formula is C13H16N4O. The van der Waals surface area contributed by atoms with E-state index in [1.54, 1.807) is 6.20 Å². The van der Waals surface area contributed by atoms with Crippen molar-refractivity contribution in [3.05, 3.63) is 30.0 Å². The van der Waals surface area contributed by atoms with Gasteiger partial charge in [0.05, 0.1) is 11.7 Å². The fraction of sp³-hybridized carbons (Fsp3) is 0.385. The van der Waals surface area contributed by atoms with Crippen LogP contribution >= 0.6 is 0 Å². The Balaban J connectivity index is 1.67. The number of nitrogens with zero attached hydrogens (tertiary/aromatic N) is 1. The predicted molar refractivity (Wildman–Crippen MR) is 69.5 cm³/mol. The number of carbonyl (C=O) groups excluding carboxylic acids is 1. The molecule has 2 heterocycles. The second-order valence-electron chi connectivity index (χ2n) is 4.68. The normalized spacial score (nSPS) is 19.2. The molecule has 3 rings (SSSR count). The van der Waals surface area contributed by atoms with Crippen LogP contribution in [0.1, 0.15) is 23.2 Å². The fourth-order valence-electron chi connectivity index (χ4n) is 2.33. The van der Waals surface area contributed by atoms with Crippen molar-refractivity contribution >= 4 is 16.8 Å². The number of amides is 1. The molecule has 0 aliphatic carbocycles. The molecule has 1 fully saturated rings. The lowest BCUT2D eigenvalue weighted by molar-refractivity contribution is 0.0950. The quantitative estimate of drug-likeness (QED) is 0.755. The van der Waals surface area contributed by atoms with Gasteiger partial charge < -0.3 is 10.6 Å². The van der Waals surface area contributed by atoms with Crippen LogP contribution in [0.3, 0.4) is 0 Å². The molecule has 94 valence electrons. The third-order valence-electron chi connectivity index (χ3n) is 3.38. The number of nitrogens with one attached hydrogen (secondary N) is 3. The van der Waals surface area contributed by atoms with Gasteiger partial charge in [-0.05, 0) is 31.5 Å². The number of carbonyl (C=O) groups is 1. The molecule has 0 bridgehead atoms. The molecule has 0 spiro atoms.